The smallest absolute Gasteiger partial charge is 0.274 e. The molecule has 1 aromatic rings. The van der Waals surface area contributed by atoms with Crippen molar-refractivity contribution < 1.29 is 4.92 Å². The maximum absolute atomic E-state index is 10.4. The van der Waals surface area contributed by atoms with E-state index in [1.807, 2.05) is 24.0 Å². The van der Waals surface area contributed by atoms with E-state index in [1.165, 1.54) is 0 Å². The summed E-state index contributed by atoms with van der Waals surface area (Å²) in [4.78, 5) is 16.2. The predicted octanol–water partition coefficient (Wildman–Crippen LogP) is 0.871. The van der Waals surface area contributed by atoms with Gasteiger partial charge in [-0.25, -0.2) is 0 Å². The van der Waals surface area contributed by atoms with Gasteiger partial charge in [-0.15, -0.1) is 0 Å². The lowest BCUT2D eigenvalue weighted by molar-refractivity contribution is -0.404. The minimum absolute atomic E-state index is 0.436. The largest absolute Gasteiger partial charge is 0.365 e. The second-order valence-electron chi connectivity index (χ2n) is 3.96. The Bertz CT molecular complexity index is 441. The van der Waals surface area contributed by atoms with Crippen molar-refractivity contribution in [2.45, 2.75) is 13.5 Å². The normalized spacial score (nSPS) is 17.2. The van der Waals surface area contributed by atoms with E-state index in [2.05, 4.69) is 10.3 Å². The highest BCUT2D eigenvalue weighted by atomic mass is 16.6. The summed E-state index contributed by atoms with van der Waals surface area (Å²) in [6.07, 6.45) is 2.81. The van der Waals surface area contributed by atoms with Crippen molar-refractivity contribution in [3.05, 3.63) is 51.7 Å². The van der Waals surface area contributed by atoms with Crippen LogP contribution in [0.15, 0.2) is 30.4 Å². The number of aromatic nitrogens is 1. The first kappa shape index (κ1) is 11.4. The zero-order valence-corrected chi connectivity index (χ0v) is 9.59. The zero-order chi connectivity index (χ0) is 12.3. The van der Waals surface area contributed by atoms with Gasteiger partial charge >= 0.3 is 0 Å². The monoisotopic (exact) mass is 234 g/mol. The Morgan fingerprint density at radius 2 is 2.47 bits per heavy atom. The summed E-state index contributed by atoms with van der Waals surface area (Å²) >= 11 is 0. The minimum Gasteiger partial charge on any atom is -0.365 e. The third-order valence-corrected chi connectivity index (χ3v) is 2.60. The number of nitrogens with one attached hydrogen (secondary N) is 1. The van der Waals surface area contributed by atoms with Crippen LogP contribution in [0.2, 0.25) is 0 Å². The average molecular weight is 234 g/mol. The molecule has 1 fully saturated rings. The molecular weight excluding hydrogens is 220 g/mol. The zero-order valence-electron chi connectivity index (χ0n) is 9.59. The average Bonchev–Trinajstić information content (AvgIpc) is 2.68. The highest BCUT2D eigenvalue weighted by molar-refractivity contribution is 5.15. The van der Waals surface area contributed by atoms with Crippen LogP contribution in [-0.2, 0) is 6.54 Å². The molecule has 0 atom stereocenters. The summed E-state index contributed by atoms with van der Waals surface area (Å²) in [7, 11) is 0. The first-order valence-electron chi connectivity index (χ1n) is 5.41. The van der Waals surface area contributed by atoms with Crippen LogP contribution in [0.1, 0.15) is 11.3 Å². The fourth-order valence-corrected chi connectivity index (χ4v) is 1.75. The van der Waals surface area contributed by atoms with Crippen molar-refractivity contribution >= 4 is 0 Å². The molecular formula is C11H14N4O2. The van der Waals surface area contributed by atoms with Crippen molar-refractivity contribution in [1.29, 1.82) is 0 Å². The number of pyridine rings is 1. The van der Waals surface area contributed by atoms with Gasteiger partial charge in [0.1, 0.15) is 0 Å². The highest BCUT2D eigenvalue weighted by Crippen LogP contribution is 2.12. The Balaban J connectivity index is 2.07. The molecule has 1 N–H and O–H groups in total. The number of nitrogens with zero attached hydrogens (tertiary/aromatic N) is 3. The maximum atomic E-state index is 10.4. The lowest BCUT2D eigenvalue weighted by Gasteiger charge is -2.16. The molecule has 0 aromatic carbocycles. The molecule has 0 bridgehead atoms. The van der Waals surface area contributed by atoms with Crippen LogP contribution >= 0.6 is 0 Å². The van der Waals surface area contributed by atoms with Crippen molar-refractivity contribution in [3.63, 3.8) is 0 Å². The molecule has 0 unspecified atom stereocenters. The fourth-order valence-electron chi connectivity index (χ4n) is 1.75. The first-order valence-corrected chi connectivity index (χ1v) is 5.41. The molecule has 0 radical (unpaired) electrons. The number of nitro groups is 1. The van der Waals surface area contributed by atoms with Crippen LogP contribution in [0.25, 0.3) is 0 Å². The SMILES string of the molecule is Cc1ccc(CN2CCN/C2=C\[N+](=O)[O-])cn1. The number of hydrogen-bond donors (Lipinski definition) is 1. The molecule has 2 heterocycles. The summed E-state index contributed by atoms with van der Waals surface area (Å²) < 4.78 is 0. The van der Waals surface area contributed by atoms with Gasteiger partial charge in [0.15, 0.2) is 5.82 Å². The van der Waals surface area contributed by atoms with E-state index in [-0.39, 0.29) is 0 Å². The summed E-state index contributed by atoms with van der Waals surface area (Å²) in [5.41, 5.74) is 2.02. The summed E-state index contributed by atoms with van der Waals surface area (Å²) in [6.45, 7) is 4.08. The van der Waals surface area contributed by atoms with E-state index in [1.54, 1.807) is 6.20 Å². The van der Waals surface area contributed by atoms with Crippen LogP contribution in [0.5, 0.6) is 0 Å². The van der Waals surface area contributed by atoms with Gasteiger partial charge in [0, 0.05) is 31.5 Å². The van der Waals surface area contributed by atoms with E-state index in [0.29, 0.717) is 12.4 Å². The standard InChI is InChI=1S/C11H14N4O2/c1-9-2-3-10(6-13-9)7-14-5-4-12-11(14)8-15(16)17/h2-3,6,8,12H,4-5,7H2,1H3/b11-8+. The number of aryl methyl sites for hydroxylation is 1. The third-order valence-electron chi connectivity index (χ3n) is 2.60. The van der Waals surface area contributed by atoms with E-state index in [4.69, 9.17) is 0 Å². The van der Waals surface area contributed by atoms with Crippen LogP contribution < -0.4 is 5.32 Å². The molecule has 1 aliphatic rings. The molecule has 1 saturated heterocycles. The molecule has 0 amide bonds. The van der Waals surface area contributed by atoms with Crippen molar-refractivity contribution in [1.82, 2.24) is 15.2 Å². The Kier molecular flexibility index (Phi) is 3.22. The molecule has 90 valence electrons. The highest BCUT2D eigenvalue weighted by Gasteiger charge is 2.19. The molecule has 0 saturated carbocycles. The Morgan fingerprint density at radius 1 is 1.65 bits per heavy atom. The van der Waals surface area contributed by atoms with Gasteiger partial charge in [0.2, 0.25) is 0 Å². The summed E-state index contributed by atoms with van der Waals surface area (Å²) in [6, 6.07) is 3.93. The maximum Gasteiger partial charge on any atom is 0.274 e. The molecule has 17 heavy (non-hydrogen) atoms. The first-order chi connectivity index (χ1) is 8.15. The van der Waals surface area contributed by atoms with Gasteiger partial charge in [-0.3, -0.25) is 15.1 Å². The Morgan fingerprint density at radius 3 is 3.12 bits per heavy atom. The molecule has 6 nitrogen and oxygen atoms in total. The molecule has 0 spiro atoms. The minimum atomic E-state index is -0.436. The van der Waals surface area contributed by atoms with Crippen LogP contribution in [0.3, 0.4) is 0 Å². The Hall–Kier alpha value is -2.11. The van der Waals surface area contributed by atoms with Crippen molar-refractivity contribution in [2.24, 2.45) is 0 Å². The Labute approximate surface area is 99.1 Å². The van der Waals surface area contributed by atoms with Crippen LogP contribution in [-0.4, -0.2) is 27.9 Å². The second kappa shape index (κ2) is 4.82. The van der Waals surface area contributed by atoms with Crippen molar-refractivity contribution in [3.8, 4) is 0 Å². The van der Waals surface area contributed by atoms with Gasteiger partial charge in [-0.2, -0.15) is 0 Å². The summed E-state index contributed by atoms with van der Waals surface area (Å²) in [5, 5.41) is 13.4. The van der Waals surface area contributed by atoms with E-state index in [0.717, 1.165) is 30.5 Å². The second-order valence-corrected chi connectivity index (χ2v) is 3.96. The molecule has 2 rings (SSSR count). The van der Waals surface area contributed by atoms with Crippen LogP contribution in [0.4, 0.5) is 0 Å². The van der Waals surface area contributed by atoms with Gasteiger partial charge < -0.3 is 10.2 Å². The number of rotatable bonds is 3. The number of hydrogen-bond acceptors (Lipinski definition) is 5. The predicted molar refractivity (Wildman–Crippen MR) is 62.5 cm³/mol. The van der Waals surface area contributed by atoms with Crippen LogP contribution in [0, 0.1) is 17.0 Å². The van der Waals surface area contributed by atoms with E-state index < -0.39 is 4.92 Å². The molecule has 1 aliphatic heterocycles. The van der Waals surface area contributed by atoms with E-state index in [9.17, 15) is 10.1 Å². The molecule has 6 heteroatoms. The molecule has 1 aromatic heterocycles. The van der Waals surface area contributed by atoms with Crippen molar-refractivity contribution in [2.75, 3.05) is 13.1 Å². The third kappa shape index (κ3) is 2.93. The molecule has 0 aliphatic carbocycles. The quantitative estimate of drug-likeness (QED) is 0.620. The van der Waals surface area contributed by atoms with Gasteiger partial charge in [-0.1, -0.05) is 6.07 Å². The topological polar surface area (TPSA) is 71.3 Å². The lowest BCUT2D eigenvalue weighted by atomic mass is 10.2. The lowest BCUT2D eigenvalue weighted by Crippen LogP contribution is -2.20. The fraction of sp³-hybridized carbons (Fsp3) is 0.364. The van der Waals surface area contributed by atoms with Gasteiger partial charge in [0.25, 0.3) is 6.20 Å². The van der Waals surface area contributed by atoms with E-state index >= 15 is 0 Å². The van der Waals surface area contributed by atoms with Gasteiger partial charge in [0.05, 0.1) is 4.92 Å². The van der Waals surface area contributed by atoms with Gasteiger partial charge in [-0.05, 0) is 18.6 Å². The summed E-state index contributed by atoms with van der Waals surface area (Å²) in [5.74, 6) is 0.565.